The van der Waals surface area contributed by atoms with Gasteiger partial charge in [-0.2, -0.15) is 0 Å². The molecule has 1 amide bonds. The first-order valence-corrected chi connectivity index (χ1v) is 13.4. The molecule has 13 heteroatoms. The van der Waals surface area contributed by atoms with Crippen molar-refractivity contribution in [1.82, 2.24) is 14.9 Å². The number of sulfonamides is 1. The van der Waals surface area contributed by atoms with Gasteiger partial charge in [0.05, 0.1) is 12.0 Å². The summed E-state index contributed by atoms with van der Waals surface area (Å²) in [6.45, 7) is 10.5. The average molecular weight is 543 g/mol. The Kier molecular flexibility index (Phi) is 10.9. The maximum atomic E-state index is 13.0. The molecule has 1 rings (SSSR count). The molecule has 1 aromatic rings. The van der Waals surface area contributed by atoms with Crippen molar-refractivity contribution in [2.24, 2.45) is 11.5 Å². The third-order valence-corrected chi connectivity index (χ3v) is 7.35. The summed E-state index contributed by atoms with van der Waals surface area (Å²) in [5.74, 6) is -1.39. The van der Waals surface area contributed by atoms with E-state index in [2.05, 4.69) is 10.0 Å². The van der Waals surface area contributed by atoms with Crippen LogP contribution in [0, 0.1) is 26.2 Å². The summed E-state index contributed by atoms with van der Waals surface area (Å²) in [6.07, 6.45) is 0.0698. The molecule has 0 bridgehead atoms. The van der Waals surface area contributed by atoms with Gasteiger partial charge in [-0.15, -0.1) is 0 Å². The standard InChI is InChI=1S/C24H42N6O6S/c1-15-14-18(35-8)16(2)17(3)19(15)37(33,34)29-22(26)28-12-9-10-24(27,20(31)30(7)13-11-25)21(32)36-23(4,5)6/h14H,9-13,25,27H2,1-8H3,(H3,26,28,29)/t24-/m1/s1. The summed E-state index contributed by atoms with van der Waals surface area (Å²) in [5.41, 5.74) is 10.7. The van der Waals surface area contributed by atoms with Crippen molar-refractivity contribution in [2.45, 2.75) is 70.4 Å². The van der Waals surface area contributed by atoms with E-state index in [1.54, 1.807) is 47.6 Å². The van der Waals surface area contributed by atoms with Gasteiger partial charge in [-0.3, -0.25) is 10.2 Å². The number of guanidine groups is 1. The van der Waals surface area contributed by atoms with Gasteiger partial charge in [0.15, 0.2) is 5.54 Å². The van der Waals surface area contributed by atoms with Gasteiger partial charge in [-0.25, -0.2) is 17.9 Å². The monoisotopic (exact) mass is 542 g/mol. The number of methoxy groups -OCH3 is 1. The number of hydrogen-bond donors (Lipinski definition) is 5. The lowest BCUT2D eigenvalue weighted by Gasteiger charge is -2.33. The second-order valence-electron chi connectivity index (χ2n) is 9.97. The van der Waals surface area contributed by atoms with E-state index in [1.807, 2.05) is 0 Å². The lowest BCUT2D eigenvalue weighted by molar-refractivity contribution is -0.167. The number of carbonyl (C=O) groups excluding carboxylic acids is 2. The smallest absolute Gasteiger partial charge is 0.336 e. The molecule has 1 aromatic carbocycles. The number of rotatable bonds is 11. The molecule has 0 fully saturated rings. The van der Waals surface area contributed by atoms with Crippen LogP contribution in [0.1, 0.15) is 50.3 Å². The molecule has 0 radical (unpaired) electrons. The molecule has 12 nitrogen and oxygen atoms in total. The van der Waals surface area contributed by atoms with E-state index in [9.17, 15) is 18.0 Å². The molecule has 0 aliphatic heterocycles. The van der Waals surface area contributed by atoms with Crippen LogP contribution in [0.3, 0.4) is 0 Å². The third-order valence-electron chi connectivity index (χ3n) is 5.71. The number of hydrogen-bond acceptors (Lipinski definition) is 9. The largest absolute Gasteiger partial charge is 0.496 e. The first-order valence-electron chi connectivity index (χ1n) is 11.9. The van der Waals surface area contributed by atoms with Crippen LogP contribution in [0.5, 0.6) is 5.75 Å². The Labute approximate surface area is 220 Å². The number of nitrogens with two attached hydrogens (primary N) is 2. The molecule has 0 aliphatic carbocycles. The Hall–Kier alpha value is -2.90. The molecule has 0 saturated carbocycles. The highest BCUT2D eigenvalue weighted by atomic mass is 32.2. The Balaban J connectivity index is 2.93. The molecule has 210 valence electrons. The number of benzene rings is 1. The van der Waals surface area contributed by atoms with Crippen LogP contribution < -0.4 is 26.2 Å². The molecule has 0 aromatic heterocycles. The molecule has 0 aliphatic rings. The number of carbonyl (C=O) groups is 2. The van der Waals surface area contributed by atoms with Crippen LogP contribution >= 0.6 is 0 Å². The van der Waals surface area contributed by atoms with E-state index in [1.165, 1.54) is 19.1 Å². The van der Waals surface area contributed by atoms with Crippen molar-refractivity contribution >= 4 is 27.9 Å². The van der Waals surface area contributed by atoms with Gasteiger partial charge < -0.3 is 31.2 Å². The number of nitrogens with one attached hydrogen (secondary N) is 3. The van der Waals surface area contributed by atoms with E-state index in [-0.39, 0.29) is 37.4 Å². The Morgan fingerprint density at radius 1 is 1.16 bits per heavy atom. The van der Waals surface area contributed by atoms with E-state index in [4.69, 9.17) is 26.4 Å². The number of likely N-dealkylation sites (N-methyl/N-ethyl adjacent to an activating group) is 1. The molecule has 0 saturated heterocycles. The number of aryl methyl sites for hydroxylation is 1. The first-order chi connectivity index (χ1) is 16.9. The van der Waals surface area contributed by atoms with Crippen molar-refractivity contribution in [3.05, 3.63) is 22.8 Å². The number of nitrogens with zero attached hydrogens (tertiary/aromatic N) is 1. The van der Waals surface area contributed by atoms with Crippen molar-refractivity contribution < 1.29 is 27.5 Å². The predicted molar refractivity (Wildman–Crippen MR) is 142 cm³/mol. The summed E-state index contributed by atoms with van der Waals surface area (Å²) in [5, 5.41) is 10.7. The predicted octanol–water partition coefficient (Wildman–Crippen LogP) is 0.660. The summed E-state index contributed by atoms with van der Waals surface area (Å²) in [6, 6.07) is 1.63. The van der Waals surface area contributed by atoms with E-state index in [0.717, 1.165) is 0 Å². The summed E-state index contributed by atoms with van der Waals surface area (Å²) < 4.78 is 38.9. The molecular formula is C24H42N6O6S. The summed E-state index contributed by atoms with van der Waals surface area (Å²) in [4.78, 5) is 27.2. The fourth-order valence-corrected chi connectivity index (χ4v) is 5.23. The quantitative estimate of drug-likeness (QED) is 0.0879. The van der Waals surface area contributed by atoms with Gasteiger partial charge in [-0.1, -0.05) is 0 Å². The molecule has 0 spiro atoms. The van der Waals surface area contributed by atoms with E-state index < -0.39 is 39.0 Å². The van der Waals surface area contributed by atoms with Crippen molar-refractivity contribution in [3.8, 4) is 5.75 Å². The zero-order valence-electron chi connectivity index (χ0n) is 23.1. The second-order valence-corrected chi connectivity index (χ2v) is 11.6. The van der Waals surface area contributed by atoms with Crippen molar-refractivity contribution in [3.63, 3.8) is 0 Å². The summed E-state index contributed by atoms with van der Waals surface area (Å²) >= 11 is 0. The SMILES string of the molecule is COc1cc(C)c(S(=O)(=O)NC(=N)NCCC[C@](N)(C(=O)OC(C)(C)C)C(=O)N(C)CCN)c(C)c1C. The highest BCUT2D eigenvalue weighted by Gasteiger charge is 2.46. The van der Waals surface area contributed by atoms with Crippen LogP contribution in [0.2, 0.25) is 0 Å². The lowest BCUT2D eigenvalue weighted by atomic mass is 9.92. The van der Waals surface area contributed by atoms with E-state index in [0.29, 0.717) is 22.4 Å². The van der Waals surface area contributed by atoms with E-state index >= 15 is 0 Å². The molecule has 0 unspecified atom stereocenters. The summed E-state index contributed by atoms with van der Waals surface area (Å²) in [7, 11) is -1.06. The minimum absolute atomic E-state index is 0.0661. The molecule has 37 heavy (non-hydrogen) atoms. The zero-order valence-corrected chi connectivity index (χ0v) is 23.9. The van der Waals surface area contributed by atoms with Crippen LogP contribution in [-0.2, 0) is 24.3 Å². The Morgan fingerprint density at radius 2 is 1.76 bits per heavy atom. The van der Waals surface area contributed by atoms with Crippen LogP contribution in [0.15, 0.2) is 11.0 Å². The minimum atomic E-state index is -4.06. The number of amides is 1. The van der Waals surface area contributed by atoms with Crippen molar-refractivity contribution in [1.29, 1.82) is 5.41 Å². The van der Waals surface area contributed by atoms with Gasteiger partial charge in [0, 0.05) is 26.7 Å². The fourth-order valence-electron chi connectivity index (χ4n) is 3.75. The highest BCUT2D eigenvalue weighted by molar-refractivity contribution is 7.90. The first kappa shape index (κ1) is 32.1. The van der Waals surface area contributed by atoms with Gasteiger partial charge in [0.1, 0.15) is 11.4 Å². The Morgan fingerprint density at radius 3 is 2.27 bits per heavy atom. The van der Waals surface area contributed by atoms with Crippen LogP contribution in [-0.4, -0.2) is 76.1 Å². The molecular weight excluding hydrogens is 500 g/mol. The van der Waals surface area contributed by atoms with Gasteiger partial charge in [-0.05, 0) is 77.1 Å². The third kappa shape index (κ3) is 8.30. The highest BCUT2D eigenvalue weighted by Crippen LogP contribution is 2.30. The molecule has 7 N–H and O–H groups in total. The average Bonchev–Trinajstić information content (AvgIpc) is 2.76. The normalized spacial score (nSPS) is 13.4. The van der Waals surface area contributed by atoms with Gasteiger partial charge in [0.2, 0.25) is 5.96 Å². The number of ether oxygens (including phenoxy) is 2. The number of esters is 1. The second kappa shape index (κ2) is 12.6. The van der Waals surface area contributed by atoms with Crippen LogP contribution in [0.25, 0.3) is 0 Å². The van der Waals surface area contributed by atoms with Crippen LogP contribution in [0.4, 0.5) is 0 Å². The minimum Gasteiger partial charge on any atom is -0.496 e. The zero-order chi connectivity index (χ0) is 28.8. The fraction of sp³-hybridized carbons (Fsp3) is 0.625. The molecule has 1 atom stereocenters. The topological polar surface area (TPSA) is 190 Å². The molecule has 0 heterocycles. The Bertz CT molecular complexity index is 1120. The maximum Gasteiger partial charge on any atom is 0.336 e. The maximum absolute atomic E-state index is 13.0. The van der Waals surface area contributed by atoms with Gasteiger partial charge >= 0.3 is 5.97 Å². The van der Waals surface area contributed by atoms with Gasteiger partial charge in [0.25, 0.3) is 15.9 Å². The lowest BCUT2D eigenvalue weighted by Crippen LogP contribution is -2.62. The van der Waals surface area contributed by atoms with Crippen molar-refractivity contribution in [2.75, 3.05) is 33.8 Å².